The van der Waals surface area contributed by atoms with Crippen molar-refractivity contribution in [2.24, 2.45) is 0 Å². The van der Waals surface area contributed by atoms with E-state index < -0.39 is 0 Å². The number of carbonyl (C=O) groups excluding carboxylic acids is 1. The molecular formula is C18H18ClN5OS. The van der Waals surface area contributed by atoms with Crippen LogP contribution >= 0.6 is 23.4 Å². The molecule has 2 heterocycles. The van der Waals surface area contributed by atoms with Gasteiger partial charge in [-0.2, -0.15) is 0 Å². The number of amides is 1. The number of aryl methyl sites for hydroxylation is 1. The van der Waals surface area contributed by atoms with Crippen LogP contribution in [0, 0.1) is 6.92 Å². The first-order chi connectivity index (χ1) is 12.6. The van der Waals surface area contributed by atoms with Crippen molar-refractivity contribution in [3.63, 3.8) is 0 Å². The van der Waals surface area contributed by atoms with E-state index in [1.165, 1.54) is 11.8 Å². The number of hydrogen-bond acceptors (Lipinski definition) is 5. The fraction of sp³-hybridized carbons (Fsp3) is 0.222. The lowest BCUT2D eigenvalue weighted by Gasteiger charge is -2.09. The number of anilines is 1. The Morgan fingerprint density at radius 1 is 1.27 bits per heavy atom. The SMILES string of the molecule is CCn1c(SCC(=O)Nc2ccc(Cl)cc2C)nnc1-c1ccccn1. The van der Waals surface area contributed by atoms with Crippen LogP contribution in [0.3, 0.4) is 0 Å². The molecular weight excluding hydrogens is 370 g/mol. The molecule has 0 saturated heterocycles. The molecule has 2 aromatic heterocycles. The Bertz CT molecular complexity index is 913. The van der Waals surface area contributed by atoms with Gasteiger partial charge in [-0.1, -0.05) is 29.4 Å². The van der Waals surface area contributed by atoms with Crippen molar-refractivity contribution in [1.29, 1.82) is 0 Å². The van der Waals surface area contributed by atoms with Crippen LogP contribution in [0.4, 0.5) is 5.69 Å². The first-order valence-electron chi connectivity index (χ1n) is 8.12. The molecule has 1 N–H and O–H groups in total. The molecule has 3 aromatic rings. The Labute approximate surface area is 161 Å². The lowest BCUT2D eigenvalue weighted by Crippen LogP contribution is -2.15. The summed E-state index contributed by atoms with van der Waals surface area (Å²) in [5, 5.41) is 12.7. The Kier molecular flexibility index (Phi) is 5.90. The van der Waals surface area contributed by atoms with E-state index in [0.717, 1.165) is 16.9 Å². The summed E-state index contributed by atoms with van der Waals surface area (Å²) in [6.45, 7) is 4.61. The summed E-state index contributed by atoms with van der Waals surface area (Å²) in [6.07, 6.45) is 1.72. The fourth-order valence-corrected chi connectivity index (χ4v) is 3.48. The van der Waals surface area contributed by atoms with E-state index in [1.807, 2.05) is 42.7 Å². The number of aromatic nitrogens is 4. The molecule has 0 unspecified atom stereocenters. The summed E-state index contributed by atoms with van der Waals surface area (Å²) < 4.78 is 1.95. The van der Waals surface area contributed by atoms with E-state index in [2.05, 4.69) is 20.5 Å². The van der Waals surface area contributed by atoms with E-state index >= 15 is 0 Å². The molecule has 0 aliphatic heterocycles. The van der Waals surface area contributed by atoms with Crippen molar-refractivity contribution < 1.29 is 4.79 Å². The first kappa shape index (κ1) is 18.4. The van der Waals surface area contributed by atoms with Crippen LogP contribution < -0.4 is 5.32 Å². The summed E-state index contributed by atoms with van der Waals surface area (Å²) in [6, 6.07) is 11.0. The van der Waals surface area contributed by atoms with E-state index in [0.29, 0.717) is 22.5 Å². The smallest absolute Gasteiger partial charge is 0.234 e. The molecule has 6 nitrogen and oxygen atoms in total. The monoisotopic (exact) mass is 387 g/mol. The third-order valence-corrected chi connectivity index (χ3v) is 4.92. The highest BCUT2D eigenvalue weighted by Gasteiger charge is 2.15. The van der Waals surface area contributed by atoms with Gasteiger partial charge in [0.1, 0.15) is 5.69 Å². The highest BCUT2D eigenvalue weighted by molar-refractivity contribution is 7.99. The average molecular weight is 388 g/mol. The van der Waals surface area contributed by atoms with Gasteiger partial charge in [0.2, 0.25) is 5.91 Å². The third-order valence-electron chi connectivity index (χ3n) is 3.72. The minimum atomic E-state index is -0.106. The predicted octanol–water partition coefficient (Wildman–Crippen LogP) is 4.05. The van der Waals surface area contributed by atoms with Crippen molar-refractivity contribution in [1.82, 2.24) is 19.7 Å². The Hall–Kier alpha value is -2.38. The number of benzene rings is 1. The van der Waals surface area contributed by atoms with Gasteiger partial charge in [0.05, 0.1) is 5.75 Å². The molecule has 0 fully saturated rings. The number of hydrogen-bond donors (Lipinski definition) is 1. The van der Waals surface area contributed by atoms with E-state index in [1.54, 1.807) is 18.3 Å². The summed E-state index contributed by atoms with van der Waals surface area (Å²) in [5.41, 5.74) is 2.44. The maximum absolute atomic E-state index is 12.3. The van der Waals surface area contributed by atoms with Crippen LogP contribution in [-0.4, -0.2) is 31.4 Å². The fourth-order valence-electron chi connectivity index (χ4n) is 2.45. The van der Waals surface area contributed by atoms with Gasteiger partial charge in [-0.3, -0.25) is 9.78 Å². The second-order valence-electron chi connectivity index (χ2n) is 5.56. The van der Waals surface area contributed by atoms with Crippen LogP contribution in [0.15, 0.2) is 47.8 Å². The predicted molar refractivity (Wildman–Crippen MR) is 104 cm³/mol. The molecule has 0 atom stereocenters. The largest absolute Gasteiger partial charge is 0.325 e. The minimum Gasteiger partial charge on any atom is -0.325 e. The molecule has 0 saturated carbocycles. The highest BCUT2D eigenvalue weighted by atomic mass is 35.5. The minimum absolute atomic E-state index is 0.106. The highest BCUT2D eigenvalue weighted by Crippen LogP contribution is 2.23. The summed E-state index contributed by atoms with van der Waals surface area (Å²) in [4.78, 5) is 16.6. The first-order valence-corrected chi connectivity index (χ1v) is 9.48. The topological polar surface area (TPSA) is 72.7 Å². The van der Waals surface area contributed by atoms with Gasteiger partial charge in [-0.05, 0) is 49.7 Å². The van der Waals surface area contributed by atoms with Crippen LogP contribution in [0.2, 0.25) is 5.02 Å². The van der Waals surface area contributed by atoms with Gasteiger partial charge in [0.25, 0.3) is 0 Å². The average Bonchev–Trinajstić information content (AvgIpc) is 3.06. The molecule has 0 radical (unpaired) electrons. The van der Waals surface area contributed by atoms with Gasteiger partial charge < -0.3 is 9.88 Å². The summed E-state index contributed by atoms with van der Waals surface area (Å²) in [7, 11) is 0. The zero-order chi connectivity index (χ0) is 18.5. The third kappa shape index (κ3) is 4.23. The quantitative estimate of drug-likeness (QED) is 0.646. The lowest BCUT2D eigenvalue weighted by molar-refractivity contribution is -0.113. The number of thioether (sulfide) groups is 1. The molecule has 3 rings (SSSR count). The summed E-state index contributed by atoms with van der Waals surface area (Å²) in [5.74, 6) is 0.831. The van der Waals surface area contributed by atoms with Crippen LogP contribution in [0.5, 0.6) is 0 Å². The molecule has 0 bridgehead atoms. The maximum Gasteiger partial charge on any atom is 0.234 e. The second kappa shape index (κ2) is 8.33. The molecule has 0 aliphatic rings. The van der Waals surface area contributed by atoms with Crippen LogP contribution in [-0.2, 0) is 11.3 Å². The number of carbonyl (C=O) groups is 1. The molecule has 1 aromatic carbocycles. The van der Waals surface area contributed by atoms with Gasteiger partial charge in [0.15, 0.2) is 11.0 Å². The molecule has 1 amide bonds. The Morgan fingerprint density at radius 2 is 2.12 bits per heavy atom. The molecule has 26 heavy (non-hydrogen) atoms. The van der Waals surface area contributed by atoms with E-state index in [-0.39, 0.29) is 11.7 Å². The van der Waals surface area contributed by atoms with Gasteiger partial charge in [-0.15, -0.1) is 10.2 Å². The number of rotatable bonds is 6. The number of pyridine rings is 1. The maximum atomic E-state index is 12.3. The number of halogens is 1. The normalized spacial score (nSPS) is 10.7. The van der Waals surface area contributed by atoms with Crippen LogP contribution in [0.1, 0.15) is 12.5 Å². The van der Waals surface area contributed by atoms with E-state index in [9.17, 15) is 4.79 Å². The van der Waals surface area contributed by atoms with Crippen molar-refractivity contribution in [3.8, 4) is 11.5 Å². The molecule has 8 heteroatoms. The molecule has 0 spiro atoms. The van der Waals surface area contributed by atoms with Crippen molar-refractivity contribution in [2.75, 3.05) is 11.1 Å². The number of nitrogens with zero attached hydrogens (tertiary/aromatic N) is 4. The van der Waals surface area contributed by atoms with Gasteiger partial charge in [-0.25, -0.2) is 0 Å². The number of nitrogens with one attached hydrogen (secondary N) is 1. The summed E-state index contributed by atoms with van der Waals surface area (Å²) >= 11 is 7.29. The van der Waals surface area contributed by atoms with Crippen molar-refractivity contribution in [2.45, 2.75) is 25.5 Å². The molecule has 134 valence electrons. The molecule has 0 aliphatic carbocycles. The van der Waals surface area contributed by atoms with Crippen molar-refractivity contribution in [3.05, 3.63) is 53.2 Å². The lowest BCUT2D eigenvalue weighted by atomic mass is 10.2. The standard InChI is InChI=1S/C18H18ClN5OS/c1-3-24-17(15-6-4-5-9-20-15)22-23-18(24)26-11-16(25)21-14-8-7-13(19)10-12(14)2/h4-10H,3,11H2,1-2H3,(H,21,25). The van der Waals surface area contributed by atoms with E-state index in [4.69, 9.17) is 11.6 Å². The Morgan fingerprint density at radius 3 is 2.81 bits per heavy atom. The van der Waals surface area contributed by atoms with Crippen molar-refractivity contribution >= 4 is 35.0 Å². The zero-order valence-corrected chi connectivity index (χ0v) is 16.0. The van der Waals surface area contributed by atoms with Gasteiger partial charge in [0, 0.05) is 23.5 Å². The van der Waals surface area contributed by atoms with Crippen LogP contribution in [0.25, 0.3) is 11.5 Å². The second-order valence-corrected chi connectivity index (χ2v) is 6.94. The zero-order valence-electron chi connectivity index (χ0n) is 14.4. The van der Waals surface area contributed by atoms with Gasteiger partial charge >= 0.3 is 0 Å². The Balaban J connectivity index is 1.68.